The predicted molar refractivity (Wildman–Crippen MR) is 115 cm³/mol. The molecule has 14 nitrogen and oxygen atoms in total. The highest BCUT2D eigenvalue weighted by atomic mass is 35.5. The Labute approximate surface area is 195 Å². The van der Waals surface area contributed by atoms with Gasteiger partial charge in [-0.2, -0.15) is 4.31 Å². The van der Waals surface area contributed by atoms with Crippen molar-refractivity contribution in [1.82, 2.24) is 9.13 Å². The van der Waals surface area contributed by atoms with Crippen molar-refractivity contribution in [2.75, 3.05) is 6.61 Å². The van der Waals surface area contributed by atoms with Crippen molar-refractivity contribution in [1.29, 1.82) is 0 Å². The minimum Gasteiger partial charge on any atom is -0.506 e. The van der Waals surface area contributed by atoms with E-state index in [0.717, 1.165) is 21.4 Å². The van der Waals surface area contributed by atoms with E-state index in [1.165, 1.54) is 0 Å². The molecule has 3 rings (SSSR count). The molecule has 34 heavy (non-hydrogen) atoms. The van der Waals surface area contributed by atoms with Crippen LogP contribution in [0.3, 0.4) is 0 Å². The summed E-state index contributed by atoms with van der Waals surface area (Å²) in [6.45, 7) is -1.05. The molecule has 2 aromatic rings. The van der Waals surface area contributed by atoms with E-state index >= 15 is 0 Å². The van der Waals surface area contributed by atoms with E-state index in [0.29, 0.717) is 10.6 Å². The number of ether oxygens (including phenoxy) is 1. The minimum absolute atomic E-state index is 0.0641. The van der Waals surface area contributed by atoms with Gasteiger partial charge in [0.2, 0.25) is 0 Å². The summed E-state index contributed by atoms with van der Waals surface area (Å²) >= 11 is 6.09. The second kappa shape index (κ2) is 10.2. The van der Waals surface area contributed by atoms with Crippen LogP contribution in [0.25, 0.3) is 0 Å². The number of aliphatic hydroxyl groups is 2. The molecule has 0 saturated carbocycles. The molecular formula is C17H19ClN2O12P2. The molecule has 0 saturated heterocycles. The zero-order valence-corrected chi connectivity index (χ0v) is 19.5. The van der Waals surface area contributed by atoms with Crippen molar-refractivity contribution in [3.8, 4) is 0 Å². The summed E-state index contributed by atoms with van der Waals surface area (Å²) < 4.78 is 37.2. The molecule has 0 spiro atoms. The molecule has 17 heteroatoms. The maximum atomic E-state index is 12.9. The van der Waals surface area contributed by atoms with Crippen LogP contribution < -0.4 is 11.2 Å². The van der Waals surface area contributed by atoms with Crippen LogP contribution in [0, 0.1) is 0 Å². The zero-order chi connectivity index (χ0) is 25.3. The number of hydrogen-bond acceptors (Lipinski definition) is 9. The van der Waals surface area contributed by atoms with Gasteiger partial charge in [-0.15, -0.1) is 0 Å². The molecule has 0 fully saturated rings. The maximum Gasteiger partial charge on any atom is 0.481 e. The lowest BCUT2D eigenvalue weighted by atomic mass is 10.1. The summed E-state index contributed by atoms with van der Waals surface area (Å²) in [5.74, 6) is -1.72. The smallest absolute Gasteiger partial charge is 0.481 e. The van der Waals surface area contributed by atoms with Crippen molar-refractivity contribution in [2.45, 2.75) is 25.3 Å². The number of nitrogens with zero attached hydrogens (tertiary/aromatic N) is 2. The molecule has 1 aromatic heterocycles. The number of phosphoric acid groups is 2. The van der Waals surface area contributed by atoms with Crippen LogP contribution in [0.1, 0.15) is 11.8 Å². The molecule has 5 N–H and O–H groups in total. The van der Waals surface area contributed by atoms with Crippen LogP contribution in [-0.2, 0) is 35.7 Å². The van der Waals surface area contributed by atoms with Crippen molar-refractivity contribution < 1.29 is 47.6 Å². The molecular weight excluding hydrogens is 522 g/mol. The normalized spacial score (nSPS) is 20.5. The predicted octanol–water partition coefficient (Wildman–Crippen LogP) is 1.36. The van der Waals surface area contributed by atoms with Gasteiger partial charge >= 0.3 is 21.3 Å². The van der Waals surface area contributed by atoms with E-state index in [4.69, 9.17) is 26.1 Å². The first-order valence-electron chi connectivity index (χ1n) is 9.36. The molecule has 186 valence electrons. The summed E-state index contributed by atoms with van der Waals surface area (Å²) in [7, 11) is -10.6. The van der Waals surface area contributed by atoms with Gasteiger partial charge in [-0.25, -0.2) is 13.9 Å². The van der Waals surface area contributed by atoms with Gasteiger partial charge in [-0.3, -0.25) is 18.5 Å². The average Bonchev–Trinajstić information content (AvgIpc) is 3.00. The standard InChI is InChI=1S/C17H19ClN2O12P2/c18-11-4-2-1-3-10(11)5-7-19-13(21)6-8-20(17(19)24)16-15(23)14(22)12(31-16)9-30-34(28,29)32-33(25,26)27/h1-4,6,8,12,16,22-23H,5,7,9H2,(H,28,29)(H2,25,26,27)/t12-,16-/m1/s1. The highest BCUT2D eigenvalue weighted by molar-refractivity contribution is 7.60. The fraction of sp³-hybridized carbons (Fsp3) is 0.294. The molecule has 0 radical (unpaired) electrons. The van der Waals surface area contributed by atoms with E-state index in [-0.39, 0.29) is 13.0 Å². The molecule has 3 atom stereocenters. The quantitative estimate of drug-likeness (QED) is 0.286. The monoisotopic (exact) mass is 540 g/mol. The van der Waals surface area contributed by atoms with E-state index < -0.39 is 57.4 Å². The summed E-state index contributed by atoms with van der Waals surface area (Å²) in [5, 5.41) is 20.7. The van der Waals surface area contributed by atoms with Gasteiger partial charge in [0.25, 0.3) is 5.56 Å². The molecule has 1 aliphatic rings. The number of aliphatic hydroxyl groups excluding tert-OH is 2. The van der Waals surface area contributed by atoms with Gasteiger partial charge in [0.15, 0.2) is 17.7 Å². The lowest BCUT2D eigenvalue weighted by molar-refractivity contribution is -0.0368. The second-order valence-electron chi connectivity index (χ2n) is 6.92. The average molecular weight is 541 g/mol. The van der Waals surface area contributed by atoms with Crippen LogP contribution in [0.2, 0.25) is 5.02 Å². The summed E-state index contributed by atoms with van der Waals surface area (Å²) in [4.78, 5) is 51.7. The summed E-state index contributed by atoms with van der Waals surface area (Å²) in [5.41, 5.74) is -0.857. The second-order valence-corrected chi connectivity index (χ2v) is 10.2. The Kier molecular flexibility index (Phi) is 7.88. The Hall–Kier alpha value is -2.25. The number of benzene rings is 1. The molecule has 1 aromatic carbocycles. The Morgan fingerprint density at radius 2 is 1.74 bits per heavy atom. The van der Waals surface area contributed by atoms with E-state index in [9.17, 15) is 33.8 Å². The molecule has 0 amide bonds. The van der Waals surface area contributed by atoms with Gasteiger partial charge in [0.1, 0.15) is 6.10 Å². The number of hydrogen-bond donors (Lipinski definition) is 5. The Morgan fingerprint density at radius 3 is 2.38 bits per heavy atom. The minimum atomic E-state index is -5.37. The molecule has 1 unspecified atom stereocenters. The molecule has 1 aliphatic heterocycles. The Balaban J connectivity index is 1.78. The van der Waals surface area contributed by atoms with Crippen LogP contribution in [0.15, 0.2) is 57.6 Å². The fourth-order valence-electron chi connectivity index (χ4n) is 3.06. The third-order valence-electron chi connectivity index (χ3n) is 4.60. The van der Waals surface area contributed by atoms with Crippen molar-refractivity contribution >= 4 is 27.2 Å². The van der Waals surface area contributed by atoms with Crippen LogP contribution in [-0.4, -0.2) is 46.7 Å². The number of halogens is 1. The number of aryl methyl sites for hydroxylation is 1. The first kappa shape index (κ1) is 26.4. The van der Waals surface area contributed by atoms with Gasteiger partial charge in [0, 0.05) is 23.8 Å². The Bertz CT molecular complexity index is 1320. The third kappa shape index (κ3) is 6.25. The first-order chi connectivity index (χ1) is 15.8. The molecule has 0 aliphatic carbocycles. The largest absolute Gasteiger partial charge is 0.506 e. The topological polar surface area (TPSA) is 207 Å². The van der Waals surface area contributed by atoms with Crippen LogP contribution in [0.4, 0.5) is 0 Å². The van der Waals surface area contributed by atoms with E-state index in [2.05, 4.69) is 8.83 Å². The highest BCUT2D eigenvalue weighted by Gasteiger charge is 2.40. The van der Waals surface area contributed by atoms with Gasteiger partial charge in [-0.05, 0) is 18.1 Å². The molecule has 2 heterocycles. The summed E-state index contributed by atoms with van der Waals surface area (Å²) in [6, 6.07) is 7.87. The summed E-state index contributed by atoms with van der Waals surface area (Å²) in [6.07, 6.45) is -1.99. The van der Waals surface area contributed by atoms with Crippen LogP contribution in [0.5, 0.6) is 0 Å². The van der Waals surface area contributed by atoms with E-state index in [1.807, 2.05) is 0 Å². The van der Waals surface area contributed by atoms with Gasteiger partial charge in [0.05, 0.1) is 6.61 Å². The number of phosphoric ester groups is 1. The SMILES string of the molecule is O=c1ccn([C@@H]2O[C@H](COP(=O)(O)OP(=O)(O)O)C(O)=C2O)c(=O)n1CCc1ccccc1Cl. The van der Waals surface area contributed by atoms with Crippen molar-refractivity contribution in [2.24, 2.45) is 0 Å². The number of aromatic nitrogens is 2. The van der Waals surface area contributed by atoms with Crippen molar-refractivity contribution in [3.05, 3.63) is 79.5 Å². The van der Waals surface area contributed by atoms with Gasteiger partial charge in [-0.1, -0.05) is 29.8 Å². The zero-order valence-electron chi connectivity index (χ0n) is 17.0. The first-order valence-corrected chi connectivity index (χ1v) is 12.8. The fourth-order valence-corrected chi connectivity index (χ4v) is 4.88. The molecule has 0 bridgehead atoms. The van der Waals surface area contributed by atoms with Gasteiger partial charge < -0.3 is 29.6 Å². The number of rotatable bonds is 9. The Morgan fingerprint density at radius 1 is 1.06 bits per heavy atom. The maximum absolute atomic E-state index is 12.9. The van der Waals surface area contributed by atoms with Crippen molar-refractivity contribution in [3.63, 3.8) is 0 Å². The lowest BCUT2D eigenvalue weighted by Gasteiger charge is -2.18. The van der Waals surface area contributed by atoms with Crippen LogP contribution >= 0.6 is 27.2 Å². The highest BCUT2D eigenvalue weighted by Crippen LogP contribution is 2.57. The third-order valence-corrected chi connectivity index (χ3v) is 7.12. The van der Waals surface area contributed by atoms with E-state index in [1.54, 1.807) is 24.3 Å². The lowest BCUT2D eigenvalue weighted by Crippen LogP contribution is -2.41.